The van der Waals surface area contributed by atoms with Gasteiger partial charge in [-0.3, -0.25) is 9.63 Å². The van der Waals surface area contributed by atoms with Crippen LogP contribution in [0.5, 0.6) is 17.2 Å². The topological polar surface area (TPSA) is 95.6 Å². The van der Waals surface area contributed by atoms with Crippen molar-refractivity contribution in [1.29, 1.82) is 0 Å². The molecule has 32 heavy (non-hydrogen) atoms. The van der Waals surface area contributed by atoms with Gasteiger partial charge in [0, 0.05) is 44.9 Å². The summed E-state index contributed by atoms with van der Waals surface area (Å²) in [6.07, 6.45) is 2.27. The Morgan fingerprint density at radius 3 is 2.53 bits per heavy atom. The molecule has 0 spiro atoms. The number of ether oxygens (including phenoxy) is 1. The first-order valence-corrected chi connectivity index (χ1v) is 10.9. The van der Waals surface area contributed by atoms with Crippen LogP contribution in [0, 0.1) is 0 Å². The summed E-state index contributed by atoms with van der Waals surface area (Å²) < 4.78 is 11.3. The number of hydroxylamine groups is 2. The molecule has 1 aromatic heterocycles. The van der Waals surface area contributed by atoms with E-state index in [2.05, 4.69) is 4.90 Å². The van der Waals surface area contributed by atoms with E-state index in [4.69, 9.17) is 14.0 Å². The second kappa shape index (κ2) is 10.0. The third kappa shape index (κ3) is 5.04. The van der Waals surface area contributed by atoms with Gasteiger partial charge in [0.15, 0.2) is 0 Å². The average molecular weight is 440 g/mol. The van der Waals surface area contributed by atoms with Gasteiger partial charge in [-0.25, -0.2) is 0 Å². The first-order chi connectivity index (χ1) is 15.5. The van der Waals surface area contributed by atoms with Crippen LogP contribution in [0.3, 0.4) is 0 Å². The zero-order valence-electron chi connectivity index (χ0n) is 18.1. The Morgan fingerprint density at radius 1 is 1.06 bits per heavy atom. The molecule has 3 aromatic rings. The molecule has 1 aliphatic heterocycles. The van der Waals surface area contributed by atoms with E-state index in [1.54, 1.807) is 12.1 Å². The Kier molecular flexibility index (Phi) is 6.94. The van der Waals surface area contributed by atoms with Crippen molar-refractivity contribution in [2.45, 2.75) is 13.3 Å². The predicted octanol–water partition coefficient (Wildman–Crippen LogP) is 3.21. The maximum atomic E-state index is 12.8. The summed E-state index contributed by atoms with van der Waals surface area (Å²) >= 11 is 0. The van der Waals surface area contributed by atoms with E-state index >= 15 is 0 Å². The van der Waals surface area contributed by atoms with Crippen LogP contribution in [0.4, 0.5) is 0 Å². The predicted molar refractivity (Wildman–Crippen MR) is 121 cm³/mol. The van der Waals surface area contributed by atoms with E-state index in [0.29, 0.717) is 24.3 Å². The molecule has 2 N–H and O–H groups in total. The highest BCUT2D eigenvalue weighted by Crippen LogP contribution is 2.30. The van der Waals surface area contributed by atoms with Crippen LogP contribution in [0.1, 0.15) is 13.3 Å². The van der Waals surface area contributed by atoms with Crippen LogP contribution in [0.25, 0.3) is 22.1 Å². The number of phenols is 2. The van der Waals surface area contributed by atoms with Crippen molar-refractivity contribution >= 4 is 11.0 Å². The zero-order chi connectivity index (χ0) is 22.5. The zero-order valence-corrected chi connectivity index (χ0v) is 18.1. The van der Waals surface area contributed by atoms with Crippen molar-refractivity contribution < 1.29 is 24.2 Å². The van der Waals surface area contributed by atoms with Crippen molar-refractivity contribution in [3.05, 3.63) is 52.9 Å². The van der Waals surface area contributed by atoms with Gasteiger partial charge in [0.1, 0.15) is 34.5 Å². The molecule has 0 unspecified atom stereocenters. The van der Waals surface area contributed by atoms with Gasteiger partial charge in [-0.15, -0.1) is 0 Å². The van der Waals surface area contributed by atoms with Gasteiger partial charge in [-0.05, 0) is 31.0 Å². The van der Waals surface area contributed by atoms with E-state index in [0.717, 1.165) is 51.0 Å². The molecule has 1 fully saturated rings. The molecule has 2 heterocycles. The number of fused-ring (bicyclic) bond motifs is 1. The molecule has 1 saturated heterocycles. The molecule has 0 amide bonds. The van der Waals surface area contributed by atoms with E-state index in [9.17, 15) is 15.0 Å². The molecule has 0 saturated carbocycles. The van der Waals surface area contributed by atoms with Crippen molar-refractivity contribution in [3.8, 4) is 28.4 Å². The number of rotatable bonds is 8. The van der Waals surface area contributed by atoms with Gasteiger partial charge in [0.25, 0.3) is 0 Å². The minimum Gasteiger partial charge on any atom is -0.508 e. The largest absolute Gasteiger partial charge is 0.508 e. The van der Waals surface area contributed by atoms with Crippen molar-refractivity contribution in [1.82, 2.24) is 9.96 Å². The highest BCUT2D eigenvalue weighted by atomic mass is 16.7. The quantitative estimate of drug-likeness (QED) is 0.516. The summed E-state index contributed by atoms with van der Waals surface area (Å²) in [5.74, 6) is 0.253. The molecular weight excluding hydrogens is 412 g/mol. The summed E-state index contributed by atoms with van der Waals surface area (Å²) in [6, 6.07) is 9.64. The smallest absolute Gasteiger partial charge is 0.204 e. The summed E-state index contributed by atoms with van der Waals surface area (Å²) in [5, 5.41) is 21.7. The second-order valence-corrected chi connectivity index (χ2v) is 7.73. The van der Waals surface area contributed by atoms with Gasteiger partial charge in [-0.1, -0.05) is 12.1 Å². The Balaban J connectivity index is 1.32. The van der Waals surface area contributed by atoms with Gasteiger partial charge in [-0.2, -0.15) is 5.06 Å². The maximum Gasteiger partial charge on any atom is 0.204 e. The van der Waals surface area contributed by atoms with Crippen LogP contribution in [-0.2, 0) is 4.84 Å². The number of piperazine rings is 1. The van der Waals surface area contributed by atoms with Crippen LogP contribution >= 0.6 is 0 Å². The number of hydrogen-bond donors (Lipinski definition) is 2. The van der Waals surface area contributed by atoms with Gasteiger partial charge in [0.05, 0.1) is 18.8 Å². The summed E-state index contributed by atoms with van der Waals surface area (Å²) in [4.78, 5) is 20.8. The summed E-state index contributed by atoms with van der Waals surface area (Å²) in [7, 11) is 0. The molecule has 0 aliphatic carbocycles. The Morgan fingerprint density at radius 2 is 1.81 bits per heavy atom. The molecule has 4 rings (SSSR count). The molecular formula is C24H28N2O6. The van der Waals surface area contributed by atoms with Crippen molar-refractivity contribution in [2.75, 3.05) is 45.9 Å². The van der Waals surface area contributed by atoms with Crippen LogP contribution in [-0.4, -0.2) is 66.1 Å². The SMILES string of the molecule is CCON1CCN(CCCOc2ccc(-c3coc4cc(O)cc(O)c4c3=O)cc2)CC1. The number of hydrogen-bond acceptors (Lipinski definition) is 8. The third-order valence-electron chi connectivity index (χ3n) is 5.54. The van der Waals surface area contributed by atoms with Gasteiger partial charge < -0.3 is 24.3 Å². The molecule has 0 radical (unpaired) electrons. The third-order valence-corrected chi connectivity index (χ3v) is 5.54. The Hall–Kier alpha value is -3.07. The molecule has 8 heteroatoms. The summed E-state index contributed by atoms with van der Waals surface area (Å²) in [5.41, 5.74) is 0.765. The lowest BCUT2D eigenvalue weighted by molar-refractivity contribution is -0.172. The normalized spacial score (nSPS) is 15.3. The lowest BCUT2D eigenvalue weighted by atomic mass is 10.0. The minimum atomic E-state index is -0.359. The number of aromatic hydroxyl groups is 2. The van der Waals surface area contributed by atoms with Gasteiger partial charge >= 0.3 is 0 Å². The van der Waals surface area contributed by atoms with E-state index in [-0.39, 0.29) is 27.9 Å². The molecule has 0 bridgehead atoms. The number of nitrogens with zero attached hydrogens (tertiary/aromatic N) is 2. The Labute approximate surface area is 186 Å². The average Bonchev–Trinajstić information content (AvgIpc) is 2.78. The van der Waals surface area contributed by atoms with Crippen LogP contribution in [0.2, 0.25) is 0 Å². The summed E-state index contributed by atoms with van der Waals surface area (Å²) in [6.45, 7) is 8.16. The Bertz CT molecular complexity index is 1100. The fourth-order valence-electron chi connectivity index (χ4n) is 3.89. The van der Waals surface area contributed by atoms with E-state index in [1.165, 1.54) is 12.3 Å². The number of benzene rings is 2. The first kappa shape index (κ1) is 22.1. The fourth-order valence-corrected chi connectivity index (χ4v) is 3.89. The molecule has 8 nitrogen and oxygen atoms in total. The van der Waals surface area contributed by atoms with Gasteiger partial charge in [0.2, 0.25) is 5.43 Å². The fraction of sp³-hybridized carbons (Fsp3) is 0.375. The molecule has 0 atom stereocenters. The van der Waals surface area contributed by atoms with Crippen molar-refractivity contribution in [2.24, 2.45) is 0 Å². The first-order valence-electron chi connectivity index (χ1n) is 10.9. The van der Waals surface area contributed by atoms with E-state index < -0.39 is 0 Å². The minimum absolute atomic E-state index is 0.0442. The maximum absolute atomic E-state index is 12.8. The van der Waals surface area contributed by atoms with Crippen LogP contribution in [0.15, 0.2) is 51.9 Å². The monoisotopic (exact) mass is 440 g/mol. The number of phenolic OH excluding ortho intramolecular Hbond substituents is 2. The molecule has 2 aromatic carbocycles. The second-order valence-electron chi connectivity index (χ2n) is 7.73. The van der Waals surface area contributed by atoms with Crippen molar-refractivity contribution in [3.63, 3.8) is 0 Å². The lowest BCUT2D eigenvalue weighted by Gasteiger charge is -2.33. The molecule has 170 valence electrons. The standard InChI is InChI=1S/C24H28N2O6/c1-2-32-26-11-9-25(10-12-26)8-3-13-30-19-6-4-17(5-7-19)20-16-31-22-15-18(27)14-21(28)23(22)24(20)29/h4-7,14-16,27-28H,2-3,8-13H2,1H3. The molecule has 1 aliphatic rings. The van der Waals surface area contributed by atoms with E-state index in [1.807, 2.05) is 24.1 Å². The highest BCUT2D eigenvalue weighted by Gasteiger charge is 2.17. The van der Waals surface area contributed by atoms with Crippen LogP contribution < -0.4 is 10.2 Å². The lowest BCUT2D eigenvalue weighted by Crippen LogP contribution is -2.46. The highest BCUT2D eigenvalue weighted by molar-refractivity contribution is 5.88.